The van der Waals surface area contributed by atoms with E-state index in [1.54, 1.807) is 0 Å². The largest absolute Gasteiger partial charge is 0.429 e. The normalized spacial score (nSPS) is 22.8. The van der Waals surface area contributed by atoms with E-state index in [4.69, 9.17) is 9.47 Å². The van der Waals surface area contributed by atoms with E-state index in [2.05, 4.69) is 0 Å². The van der Waals surface area contributed by atoms with Gasteiger partial charge in [-0.05, 0) is 5.56 Å². The molecule has 0 saturated carbocycles. The summed E-state index contributed by atoms with van der Waals surface area (Å²) >= 11 is 0. The first kappa shape index (κ1) is 11.0. The summed E-state index contributed by atoms with van der Waals surface area (Å²) in [7, 11) is 0. The quantitative estimate of drug-likeness (QED) is 0.757. The molecule has 2 aromatic rings. The Kier molecular flexibility index (Phi) is 2.82. The molecule has 90 valence electrons. The fourth-order valence-corrected chi connectivity index (χ4v) is 1.97. The van der Waals surface area contributed by atoms with Crippen LogP contribution in [0.5, 0.6) is 0 Å². The van der Waals surface area contributed by atoms with Gasteiger partial charge in [0.05, 0.1) is 0 Å². The van der Waals surface area contributed by atoms with Crippen molar-refractivity contribution in [2.45, 2.75) is 12.4 Å². The molecule has 3 rings (SSSR count). The Morgan fingerprint density at radius 3 is 1.94 bits per heavy atom. The minimum Gasteiger partial charge on any atom is -0.429 e. The second-order valence-electron chi connectivity index (χ2n) is 4.11. The third kappa shape index (κ3) is 2.00. The molecule has 0 N–H and O–H groups in total. The Balaban J connectivity index is 1.83. The Hall–Kier alpha value is -2.13. The van der Waals surface area contributed by atoms with Gasteiger partial charge < -0.3 is 9.47 Å². The SMILES string of the molecule is O=C1OC(c2ccccc2)OC1c1ccccc1. The van der Waals surface area contributed by atoms with Crippen LogP contribution in [-0.2, 0) is 14.3 Å². The summed E-state index contributed by atoms with van der Waals surface area (Å²) < 4.78 is 10.9. The number of carbonyl (C=O) groups is 1. The van der Waals surface area contributed by atoms with E-state index in [9.17, 15) is 4.79 Å². The Morgan fingerprint density at radius 1 is 0.778 bits per heavy atom. The van der Waals surface area contributed by atoms with Gasteiger partial charge in [0.15, 0.2) is 6.10 Å². The summed E-state index contributed by atoms with van der Waals surface area (Å²) in [6, 6.07) is 18.8. The standard InChI is InChI=1S/C15H12O3/c16-14-13(11-7-3-1-4-8-11)17-15(18-14)12-9-5-2-6-10-12/h1-10,13,15H. The average Bonchev–Trinajstić information content (AvgIpc) is 2.83. The number of hydrogen-bond acceptors (Lipinski definition) is 3. The average molecular weight is 240 g/mol. The van der Waals surface area contributed by atoms with Gasteiger partial charge in [0, 0.05) is 5.56 Å². The number of rotatable bonds is 2. The monoisotopic (exact) mass is 240 g/mol. The second-order valence-corrected chi connectivity index (χ2v) is 4.11. The van der Waals surface area contributed by atoms with Crippen molar-refractivity contribution >= 4 is 5.97 Å². The van der Waals surface area contributed by atoms with Crippen molar-refractivity contribution in [2.24, 2.45) is 0 Å². The Labute approximate surface area is 105 Å². The molecule has 1 aliphatic rings. The van der Waals surface area contributed by atoms with Crippen molar-refractivity contribution in [2.75, 3.05) is 0 Å². The topological polar surface area (TPSA) is 35.5 Å². The van der Waals surface area contributed by atoms with Gasteiger partial charge in [-0.1, -0.05) is 60.7 Å². The molecule has 2 atom stereocenters. The van der Waals surface area contributed by atoms with Crippen molar-refractivity contribution in [3.8, 4) is 0 Å². The number of carbonyl (C=O) groups excluding carboxylic acids is 1. The van der Waals surface area contributed by atoms with Crippen LogP contribution in [0.15, 0.2) is 60.7 Å². The molecule has 2 unspecified atom stereocenters. The fraction of sp³-hybridized carbons (Fsp3) is 0.133. The summed E-state index contributed by atoms with van der Waals surface area (Å²) in [5, 5.41) is 0. The van der Waals surface area contributed by atoms with Crippen LogP contribution in [0, 0.1) is 0 Å². The van der Waals surface area contributed by atoms with E-state index in [-0.39, 0.29) is 5.97 Å². The fourth-order valence-electron chi connectivity index (χ4n) is 1.97. The predicted molar refractivity (Wildman–Crippen MR) is 65.5 cm³/mol. The Bertz CT molecular complexity index is 536. The summed E-state index contributed by atoms with van der Waals surface area (Å²) in [5.41, 5.74) is 1.67. The number of cyclic esters (lactones) is 1. The van der Waals surface area contributed by atoms with Gasteiger partial charge in [-0.2, -0.15) is 0 Å². The highest BCUT2D eigenvalue weighted by Crippen LogP contribution is 2.35. The summed E-state index contributed by atoms with van der Waals surface area (Å²) in [6.45, 7) is 0. The van der Waals surface area contributed by atoms with Gasteiger partial charge in [-0.3, -0.25) is 0 Å². The number of esters is 1. The van der Waals surface area contributed by atoms with Crippen molar-refractivity contribution in [3.05, 3.63) is 71.8 Å². The van der Waals surface area contributed by atoms with Crippen LogP contribution in [0.2, 0.25) is 0 Å². The van der Waals surface area contributed by atoms with Crippen LogP contribution < -0.4 is 0 Å². The third-order valence-corrected chi connectivity index (χ3v) is 2.87. The number of hydrogen-bond donors (Lipinski definition) is 0. The maximum Gasteiger partial charge on any atom is 0.342 e. The number of ether oxygens (including phenoxy) is 2. The molecule has 1 saturated heterocycles. The molecule has 1 heterocycles. The molecule has 0 amide bonds. The minimum absolute atomic E-state index is 0.338. The van der Waals surface area contributed by atoms with Crippen LogP contribution in [0.1, 0.15) is 23.5 Å². The van der Waals surface area contributed by atoms with E-state index in [1.807, 2.05) is 60.7 Å². The molecule has 1 fully saturated rings. The van der Waals surface area contributed by atoms with Gasteiger partial charge in [-0.15, -0.1) is 0 Å². The molecule has 0 aromatic heterocycles. The van der Waals surface area contributed by atoms with Gasteiger partial charge >= 0.3 is 5.97 Å². The van der Waals surface area contributed by atoms with Crippen LogP contribution in [0.25, 0.3) is 0 Å². The Morgan fingerprint density at radius 2 is 1.33 bits per heavy atom. The molecule has 0 bridgehead atoms. The molecule has 0 radical (unpaired) electrons. The first-order valence-corrected chi connectivity index (χ1v) is 5.80. The zero-order valence-corrected chi connectivity index (χ0v) is 9.65. The highest BCUT2D eigenvalue weighted by atomic mass is 16.8. The highest BCUT2D eigenvalue weighted by molar-refractivity contribution is 5.78. The van der Waals surface area contributed by atoms with Crippen molar-refractivity contribution in [1.82, 2.24) is 0 Å². The molecular formula is C15H12O3. The smallest absolute Gasteiger partial charge is 0.342 e. The molecule has 2 aromatic carbocycles. The van der Waals surface area contributed by atoms with Crippen molar-refractivity contribution in [3.63, 3.8) is 0 Å². The summed E-state index contributed by atoms with van der Waals surface area (Å²) in [5.74, 6) is -0.338. The molecule has 3 nitrogen and oxygen atoms in total. The van der Waals surface area contributed by atoms with E-state index in [1.165, 1.54) is 0 Å². The molecule has 18 heavy (non-hydrogen) atoms. The maximum atomic E-state index is 11.8. The lowest BCUT2D eigenvalue weighted by molar-refractivity contribution is -0.144. The summed E-state index contributed by atoms with van der Waals surface area (Å²) in [4.78, 5) is 11.8. The van der Waals surface area contributed by atoms with Crippen molar-refractivity contribution in [1.29, 1.82) is 0 Å². The van der Waals surface area contributed by atoms with Gasteiger partial charge in [-0.25, -0.2) is 4.79 Å². The van der Waals surface area contributed by atoms with Crippen LogP contribution >= 0.6 is 0 Å². The lowest BCUT2D eigenvalue weighted by atomic mass is 10.1. The van der Waals surface area contributed by atoms with E-state index in [0.717, 1.165) is 11.1 Å². The first-order valence-electron chi connectivity index (χ1n) is 5.80. The molecule has 0 aliphatic carbocycles. The second kappa shape index (κ2) is 4.63. The number of benzene rings is 2. The zero-order chi connectivity index (χ0) is 12.4. The van der Waals surface area contributed by atoms with Crippen LogP contribution in [-0.4, -0.2) is 5.97 Å². The molecule has 0 spiro atoms. The molecule has 3 heteroatoms. The zero-order valence-electron chi connectivity index (χ0n) is 9.65. The van der Waals surface area contributed by atoms with E-state index >= 15 is 0 Å². The minimum atomic E-state index is -0.628. The lowest BCUT2D eigenvalue weighted by Gasteiger charge is -2.09. The van der Waals surface area contributed by atoms with E-state index < -0.39 is 12.4 Å². The molecular weight excluding hydrogens is 228 g/mol. The van der Waals surface area contributed by atoms with Gasteiger partial charge in [0.2, 0.25) is 6.29 Å². The van der Waals surface area contributed by atoms with Crippen molar-refractivity contribution < 1.29 is 14.3 Å². The first-order chi connectivity index (χ1) is 8.84. The van der Waals surface area contributed by atoms with Crippen LogP contribution in [0.4, 0.5) is 0 Å². The maximum absolute atomic E-state index is 11.8. The summed E-state index contributed by atoms with van der Waals surface area (Å²) in [6.07, 6.45) is -1.24. The third-order valence-electron chi connectivity index (χ3n) is 2.87. The predicted octanol–water partition coefficient (Wildman–Crippen LogP) is 3.00. The van der Waals surface area contributed by atoms with Gasteiger partial charge in [0.25, 0.3) is 0 Å². The van der Waals surface area contributed by atoms with Gasteiger partial charge in [0.1, 0.15) is 0 Å². The van der Waals surface area contributed by atoms with Crippen LogP contribution in [0.3, 0.4) is 0 Å². The highest BCUT2D eigenvalue weighted by Gasteiger charge is 2.37. The van der Waals surface area contributed by atoms with E-state index in [0.29, 0.717) is 0 Å². The lowest BCUT2D eigenvalue weighted by Crippen LogP contribution is -2.06. The molecule has 1 aliphatic heterocycles.